The Kier molecular flexibility index (Phi) is 12.1. The lowest BCUT2D eigenvalue weighted by molar-refractivity contribution is -0.107. The number of amides is 1. The van der Waals surface area contributed by atoms with Gasteiger partial charge in [0.1, 0.15) is 16.8 Å². The van der Waals surface area contributed by atoms with Crippen molar-refractivity contribution in [3.05, 3.63) is 41.2 Å². The van der Waals surface area contributed by atoms with E-state index in [4.69, 9.17) is 11.6 Å². The molecule has 2 aromatic rings. The van der Waals surface area contributed by atoms with E-state index in [0.717, 1.165) is 23.5 Å². The number of nitriles is 1. The molecular formula is C24H35ClN6O. The molecule has 1 aromatic carbocycles. The van der Waals surface area contributed by atoms with Crippen LogP contribution in [-0.4, -0.2) is 57.1 Å². The van der Waals surface area contributed by atoms with Crippen molar-refractivity contribution in [1.82, 2.24) is 9.88 Å². The molecule has 174 valence electrons. The second-order valence-corrected chi connectivity index (χ2v) is 7.57. The number of nitrogens with one attached hydrogen (secondary N) is 1. The zero-order valence-electron chi connectivity index (χ0n) is 20.0. The van der Waals surface area contributed by atoms with E-state index in [1.54, 1.807) is 13.1 Å². The molecule has 7 nitrogen and oxygen atoms in total. The molecule has 0 unspecified atom stereocenters. The molecule has 3 rings (SSSR count). The van der Waals surface area contributed by atoms with E-state index in [1.165, 1.54) is 43.6 Å². The van der Waals surface area contributed by atoms with Crippen LogP contribution in [0, 0.1) is 11.3 Å². The van der Waals surface area contributed by atoms with Gasteiger partial charge in [-0.05, 0) is 56.7 Å². The number of anilines is 4. The number of carbonyl (C=O) groups is 1. The third kappa shape index (κ3) is 7.70. The van der Waals surface area contributed by atoms with Gasteiger partial charge in [-0.2, -0.15) is 5.26 Å². The second kappa shape index (κ2) is 14.3. The number of halogens is 1. The molecule has 1 aliphatic heterocycles. The van der Waals surface area contributed by atoms with Crippen molar-refractivity contribution >= 4 is 40.8 Å². The van der Waals surface area contributed by atoms with Crippen LogP contribution in [0.3, 0.4) is 0 Å². The predicted octanol–water partition coefficient (Wildman–Crippen LogP) is 5.14. The molecule has 0 atom stereocenters. The van der Waals surface area contributed by atoms with Crippen molar-refractivity contribution in [3.63, 3.8) is 0 Å². The first-order chi connectivity index (χ1) is 15.4. The van der Waals surface area contributed by atoms with Crippen LogP contribution in [0.15, 0.2) is 30.5 Å². The Hall–Kier alpha value is -2.82. The van der Waals surface area contributed by atoms with Gasteiger partial charge in [-0.15, -0.1) is 0 Å². The largest absolute Gasteiger partial charge is 0.376 e. The van der Waals surface area contributed by atoms with E-state index in [1.807, 2.05) is 57.1 Å². The molecule has 1 N–H and O–H groups in total. The smallest absolute Gasteiger partial charge is 0.213 e. The molecule has 0 radical (unpaired) electrons. The minimum Gasteiger partial charge on any atom is -0.376 e. The summed E-state index contributed by atoms with van der Waals surface area (Å²) in [5.74, 6) is 0. The Morgan fingerprint density at radius 1 is 1.19 bits per heavy atom. The first kappa shape index (κ1) is 27.2. The first-order valence-electron chi connectivity index (χ1n) is 10.9. The van der Waals surface area contributed by atoms with Gasteiger partial charge < -0.3 is 20.0 Å². The van der Waals surface area contributed by atoms with Gasteiger partial charge in [-0.3, -0.25) is 4.79 Å². The summed E-state index contributed by atoms with van der Waals surface area (Å²) in [7, 11) is 5.49. The number of aromatic nitrogens is 1. The number of rotatable bonds is 6. The fraction of sp³-hybridized carbons (Fsp3) is 0.458. The highest BCUT2D eigenvalue weighted by molar-refractivity contribution is 6.31. The Bertz CT molecular complexity index is 891. The number of nitrogens with zero attached hydrogens (tertiary/aromatic N) is 5. The summed E-state index contributed by atoms with van der Waals surface area (Å²) in [5.41, 5.74) is 3.21. The predicted molar refractivity (Wildman–Crippen MR) is 135 cm³/mol. The van der Waals surface area contributed by atoms with Crippen molar-refractivity contribution in [2.45, 2.75) is 33.6 Å². The summed E-state index contributed by atoms with van der Waals surface area (Å²) < 4.78 is 0. The summed E-state index contributed by atoms with van der Waals surface area (Å²) in [6, 6.07) is 9.30. The molecule has 8 heteroatoms. The maximum absolute atomic E-state index is 11.1. The molecule has 1 aromatic heterocycles. The Labute approximate surface area is 197 Å². The normalized spacial score (nSPS) is 12.4. The van der Waals surface area contributed by atoms with E-state index < -0.39 is 0 Å². The molecule has 1 aliphatic rings. The summed E-state index contributed by atoms with van der Waals surface area (Å²) in [5, 5.41) is 12.5. The summed E-state index contributed by atoms with van der Waals surface area (Å²) in [4.78, 5) is 20.9. The number of carbonyl (C=O) groups excluding carboxylic acids is 1. The number of likely N-dealkylation sites (tertiary alicyclic amines) is 1. The van der Waals surface area contributed by atoms with Crippen molar-refractivity contribution in [3.8, 4) is 6.07 Å². The van der Waals surface area contributed by atoms with Crippen LogP contribution >= 0.6 is 11.6 Å². The third-order valence-electron chi connectivity index (χ3n) is 4.94. The Balaban J connectivity index is 0.000000477. The second-order valence-electron chi connectivity index (χ2n) is 7.22. The number of pyridine rings is 1. The lowest BCUT2D eigenvalue weighted by Crippen LogP contribution is -2.19. The molecule has 0 saturated carbocycles. The Morgan fingerprint density at radius 3 is 2.34 bits per heavy atom. The average molecular weight is 459 g/mol. The zero-order chi connectivity index (χ0) is 24.1. The van der Waals surface area contributed by atoms with E-state index in [0.29, 0.717) is 5.69 Å². The number of benzene rings is 1. The highest BCUT2D eigenvalue weighted by atomic mass is 35.5. The maximum atomic E-state index is 11.1. The van der Waals surface area contributed by atoms with Crippen LogP contribution < -0.4 is 15.1 Å². The fourth-order valence-electron chi connectivity index (χ4n) is 3.22. The van der Waals surface area contributed by atoms with Crippen LogP contribution in [0.4, 0.5) is 22.7 Å². The van der Waals surface area contributed by atoms with Crippen LogP contribution in [0.2, 0.25) is 5.15 Å². The van der Waals surface area contributed by atoms with E-state index in [9.17, 15) is 10.1 Å². The number of hydrogen-bond donors (Lipinski definition) is 1. The molecule has 1 amide bonds. The molecule has 1 saturated heterocycles. The minimum atomic E-state index is 0.146. The molecule has 0 aliphatic carbocycles. The molecular weight excluding hydrogens is 424 g/mol. The Morgan fingerprint density at radius 2 is 1.84 bits per heavy atom. The standard InChI is InChI=1S/C16H16ClN5O.C6H13N.C2H6/c1-21(2)14-5-4-11(8-15(14)22(3)10-23)20-13-6-7-19-16(17)12(13)9-18;1-2-7-5-3-4-6-7;1-2/h4-8,10H,1-3H3,(H,19,20);2-6H2,1H3;1-2H3. The fourth-order valence-corrected chi connectivity index (χ4v) is 3.42. The van der Waals surface area contributed by atoms with Gasteiger partial charge in [-0.25, -0.2) is 4.98 Å². The van der Waals surface area contributed by atoms with Gasteiger partial charge >= 0.3 is 0 Å². The average Bonchev–Trinajstić information content (AvgIpc) is 3.34. The van der Waals surface area contributed by atoms with Gasteiger partial charge in [0, 0.05) is 33.0 Å². The molecule has 0 bridgehead atoms. The first-order valence-corrected chi connectivity index (χ1v) is 11.3. The topological polar surface area (TPSA) is 75.5 Å². The van der Waals surface area contributed by atoms with Crippen LogP contribution in [0.25, 0.3) is 0 Å². The number of hydrogen-bond acceptors (Lipinski definition) is 6. The monoisotopic (exact) mass is 458 g/mol. The van der Waals surface area contributed by atoms with Crippen LogP contribution in [-0.2, 0) is 4.79 Å². The van der Waals surface area contributed by atoms with Crippen molar-refractivity contribution in [1.29, 1.82) is 5.26 Å². The zero-order valence-corrected chi connectivity index (χ0v) is 20.8. The van der Waals surface area contributed by atoms with Crippen molar-refractivity contribution in [2.75, 3.05) is 55.9 Å². The third-order valence-corrected chi connectivity index (χ3v) is 5.22. The van der Waals surface area contributed by atoms with Gasteiger partial charge in [0.15, 0.2) is 0 Å². The van der Waals surface area contributed by atoms with E-state index in [-0.39, 0.29) is 10.7 Å². The molecule has 0 spiro atoms. The van der Waals surface area contributed by atoms with Crippen molar-refractivity contribution in [2.24, 2.45) is 0 Å². The summed E-state index contributed by atoms with van der Waals surface area (Å²) in [6.45, 7) is 10.2. The van der Waals surface area contributed by atoms with Gasteiger partial charge in [0.05, 0.1) is 17.1 Å². The van der Waals surface area contributed by atoms with E-state index >= 15 is 0 Å². The molecule has 32 heavy (non-hydrogen) atoms. The van der Waals surface area contributed by atoms with Gasteiger partial charge in [-0.1, -0.05) is 32.4 Å². The lowest BCUT2D eigenvalue weighted by atomic mass is 10.2. The minimum absolute atomic E-state index is 0.146. The van der Waals surface area contributed by atoms with E-state index in [2.05, 4.69) is 22.1 Å². The highest BCUT2D eigenvalue weighted by Gasteiger charge is 2.12. The summed E-state index contributed by atoms with van der Waals surface area (Å²) in [6.07, 6.45) is 5.12. The SMILES string of the molecule is CC.CCN1CCCC1.CN(C)c1ccc(Nc2ccnc(Cl)c2C#N)cc1N(C)C=O. The highest BCUT2D eigenvalue weighted by Crippen LogP contribution is 2.32. The van der Waals surface area contributed by atoms with Crippen LogP contribution in [0.1, 0.15) is 39.2 Å². The maximum Gasteiger partial charge on any atom is 0.213 e. The van der Waals surface area contributed by atoms with Gasteiger partial charge in [0.2, 0.25) is 6.41 Å². The molecule has 2 heterocycles. The molecule has 1 fully saturated rings. The lowest BCUT2D eigenvalue weighted by Gasteiger charge is -2.22. The van der Waals surface area contributed by atoms with Gasteiger partial charge in [0.25, 0.3) is 0 Å². The van der Waals surface area contributed by atoms with Crippen molar-refractivity contribution < 1.29 is 4.79 Å². The quantitative estimate of drug-likeness (QED) is 0.477. The van der Waals surface area contributed by atoms with Crippen LogP contribution in [0.5, 0.6) is 0 Å². The summed E-state index contributed by atoms with van der Waals surface area (Å²) >= 11 is 5.93.